The standard InChI is InChI=1S/C27H32O4S/c1-5-30-26(28)22(10-7-6-8-15-27(2,3)4)13-16-29-17-18-31-25-12-9-11-23(20-25)24-14-19-32-21-24/h6-7,9,11-14,19-21H,5,10,16-18H2,1-4H3. The number of hydrogen-bond donors (Lipinski definition) is 0. The van der Waals surface area contributed by atoms with Gasteiger partial charge in [0.15, 0.2) is 0 Å². The van der Waals surface area contributed by atoms with E-state index in [1.54, 1.807) is 30.4 Å². The minimum atomic E-state index is -0.328. The van der Waals surface area contributed by atoms with Gasteiger partial charge < -0.3 is 14.2 Å². The van der Waals surface area contributed by atoms with E-state index in [0.29, 0.717) is 38.4 Å². The minimum Gasteiger partial charge on any atom is -0.491 e. The van der Waals surface area contributed by atoms with Crippen molar-refractivity contribution in [3.8, 4) is 28.7 Å². The first kappa shape index (κ1) is 25.5. The largest absolute Gasteiger partial charge is 0.491 e. The van der Waals surface area contributed by atoms with Crippen LogP contribution in [0.25, 0.3) is 11.1 Å². The number of ether oxygens (including phenoxy) is 3. The van der Waals surface area contributed by atoms with Crippen molar-refractivity contribution in [3.05, 3.63) is 64.9 Å². The molecule has 0 aliphatic rings. The van der Waals surface area contributed by atoms with Crippen molar-refractivity contribution in [2.75, 3.05) is 26.4 Å². The maximum atomic E-state index is 12.2. The molecule has 2 aromatic rings. The van der Waals surface area contributed by atoms with Gasteiger partial charge in [-0.15, -0.1) is 0 Å². The van der Waals surface area contributed by atoms with E-state index in [1.807, 2.05) is 24.3 Å². The molecule has 0 atom stereocenters. The van der Waals surface area contributed by atoms with Gasteiger partial charge >= 0.3 is 5.97 Å². The molecule has 0 aliphatic carbocycles. The second kappa shape index (κ2) is 13.6. The zero-order valence-electron chi connectivity index (χ0n) is 19.4. The van der Waals surface area contributed by atoms with Crippen LogP contribution in [-0.2, 0) is 14.3 Å². The third-order valence-corrected chi connectivity index (χ3v) is 4.84. The highest BCUT2D eigenvalue weighted by atomic mass is 32.1. The van der Waals surface area contributed by atoms with Gasteiger partial charge in [0.2, 0.25) is 0 Å². The maximum absolute atomic E-state index is 12.2. The number of carbonyl (C=O) groups excluding carboxylic acids is 1. The van der Waals surface area contributed by atoms with Gasteiger partial charge in [0, 0.05) is 11.0 Å². The average molecular weight is 453 g/mol. The van der Waals surface area contributed by atoms with Gasteiger partial charge in [-0.1, -0.05) is 30.0 Å². The van der Waals surface area contributed by atoms with Gasteiger partial charge in [-0.3, -0.25) is 0 Å². The maximum Gasteiger partial charge on any atom is 0.334 e. The van der Waals surface area contributed by atoms with Gasteiger partial charge in [0.05, 0.1) is 19.8 Å². The Morgan fingerprint density at radius 1 is 1.16 bits per heavy atom. The van der Waals surface area contributed by atoms with Crippen LogP contribution >= 0.6 is 11.3 Å². The van der Waals surface area contributed by atoms with Crippen LogP contribution in [0.2, 0.25) is 0 Å². The van der Waals surface area contributed by atoms with E-state index in [1.165, 1.54) is 5.56 Å². The molecule has 0 radical (unpaired) electrons. The number of hydrogen-bond acceptors (Lipinski definition) is 5. The molecule has 0 saturated heterocycles. The van der Waals surface area contributed by atoms with Crippen LogP contribution in [0, 0.1) is 17.3 Å². The van der Waals surface area contributed by atoms with Crippen LogP contribution in [-0.4, -0.2) is 32.4 Å². The molecule has 0 bridgehead atoms. The van der Waals surface area contributed by atoms with Gasteiger partial charge in [-0.2, -0.15) is 11.3 Å². The first-order valence-corrected chi connectivity index (χ1v) is 11.7. The number of rotatable bonds is 11. The van der Waals surface area contributed by atoms with Crippen LogP contribution in [0.4, 0.5) is 0 Å². The second-order valence-electron chi connectivity index (χ2n) is 8.04. The molecule has 0 fully saturated rings. The van der Waals surface area contributed by atoms with Crippen LogP contribution in [0.15, 0.2) is 64.9 Å². The zero-order valence-corrected chi connectivity index (χ0v) is 20.2. The summed E-state index contributed by atoms with van der Waals surface area (Å²) in [5, 5.41) is 4.17. The monoisotopic (exact) mass is 452 g/mol. The molecule has 1 heterocycles. The van der Waals surface area contributed by atoms with E-state index in [4.69, 9.17) is 14.2 Å². The summed E-state index contributed by atoms with van der Waals surface area (Å²) < 4.78 is 16.6. The van der Waals surface area contributed by atoms with Gasteiger partial charge in [0.1, 0.15) is 12.4 Å². The number of benzene rings is 1. The summed E-state index contributed by atoms with van der Waals surface area (Å²) >= 11 is 1.67. The van der Waals surface area contributed by atoms with Crippen LogP contribution < -0.4 is 4.74 Å². The third-order valence-electron chi connectivity index (χ3n) is 4.16. The highest BCUT2D eigenvalue weighted by Crippen LogP contribution is 2.25. The summed E-state index contributed by atoms with van der Waals surface area (Å²) in [4.78, 5) is 12.2. The normalized spacial score (nSPS) is 11.8. The smallest absolute Gasteiger partial charge is 0.334 e. The summed E-state index contributed by atoms with van der Waals surface area (Å²) in [6, 6.07) is 10.1. The first-order valence-electron chi connectivity index (χ1n) is 10.8. The topological polar surface area (TPSA) is 44.8 Å². The average Bonchev–Trinajstić information content (AvgIpc) is 3.29. The molecular weight excluding hydrogens is 420 g/mol. The Kier molecular flexibility index (Phi) is 10.8. The highest BCUT2D eigenvalue weighted by Gasteiger charge is 2.08. The molecule has 5 heteroatoms. The molecule has 0 aliphatic heterocycles. The molecule has 32 heavy (non-hydrogen) atoms. The fraction of sp³-hybridized carbons (Fsp3) is 0.370. The third kappa shape index (κ3) is 10.00. The van der Waals surface area contributed by atoms with Crippen LogP contribution in [0.3, 0.4) is 0 Å². The molecule has 4 nitrogen and oxygen atoms in total. The van der Waals surface area contributed by atoms with Crippen molar-refractivity contribution in [2.24, 2.45) is 5.41 Å². The van der Waals surface area contributed by atoms with Crippen molar-refractivity contribution in [1.82, 2.24) is 0 Å². The Morgan fingerprint density at radius 2 is 2.00 bits per heavy atom. The summed E-state index contributed by atoms with van der Waals surface area (Å²) in [7, 11) is 0. The van der Waals surface area contributed by atoms with Crippen molar-refractivity contribution in [2.45, 2.75) is 34.1 Å². The molecular formula is C27H32O4S. The van der Waals surface area contributed by atoms with E-state index < -0.39 is 0 Å². The van der Waals surface area contributed by atoms with Crippen LogP contribution in [0.1, 0.15) is 34.1 Å². The Hall–Kier alpha value is -2.81. The summed E-state index contributed by atoms with van der Waals surface area (Å²) in [5.74, 6) is 6.62. The molecule has 170 valence electrons. The zero-order chi connectivity index (χ0) is 23.2. The second-order valence-corrected chi connectivity index (χ2v) is 8.82. The minimum absolute atomic E-state index is 0.0503. The Morgan fingerprint density at radius 3 is 2.72 bits per heavy atom. The van der Waals surface area contributed by atoms with E-state index in [9.17, 15) is 4.79 Å². The van der Waals surface area contributed by atoms with Crippen molar-refractivity contribution in [3.63, 3.8) is 0 Å². The summed E-state index contributed by atoms with van der Waals surface area (Å²) in [6.07, 6.45) is 5.85. The van der Waals surface area contributed by atoms with E-state index in [0.717, 1.165) is 11.3 Å². The SMILES string of the molecule is CCOC(=O)C(=CCOCCOc1cccc(-c2ccsc2)c1)CC=CC#CC(C)(C)C. The van der Waals surface area contributed by atoms with Crippen LogP contribution in [0.5, 0.6) is 5.75 Å². The number of carbonyl (C=O) groups is 1. The van der Waals surface area contributed by atoms with Crippen molar-refractivity contribution in [1.29, 1.82) is 0 Å². The number of allylic oxidation sites excluding steroid dienone is 2. The fourth-order valence-electron chi connectivity index (χ4n) is 2.63. The quantitative estimate of drug-likeness (QED) is 0.174. The molecule has 0 N–H and O–H groups in total. The molecule has 1 aromatic carbocycles. The molecule has 0 amide bonds. The number of thiophene rings is 1. The summed E-state index contributed by atoms with van der Waals surface area (Å²) in [6.45, 7) is 9.45. The van der Waals surface area contributed by atoms with Gasteiger partial charge in [-0.25, -0.2) is 4.79 Å². The van der Waals surface area contributed by atoms with E-state index >= 15 is 0 Å². The lowest BCUT2D eigenvalue weighted by Crippen LogP contribution is -2.10. The predicted molar refractivity (Wildman–Crippen MR) is 132 cm³/mol. The molecule has 0 unspecified atom stereocenters. The van der Waals surface area contributed by atoms with E-state index in [-0.39, 0.29) is 11.4 Å². The first-order chi connectivity index (χ1) is 15.4. The van der Waals surface area contributed by atoms with Gasteiger partial charge in [0.25, 0.3) is 0 Å². The Bertz CT molecular complexity index is 954. The lowest BCUT2D eigenvalue weighted by molar-refractivity contribution is -0.138. The fourth-order valence-corrected chi connectivity index (χ4v) is 3.30. The summed E-state index contributed by atoms with van der Waals surface area (Å²) in [5.41, 5.74) is 2.83. The van der Waals surface area contributed by atoms with Crippen molar-refractivity contribution < 1.29 is 19.0 Å². The molecule has 2 rings (SSSR count). The number of esters is 1. The Labute approximate surface area is 195 Å². The lowest BCUT2D eigenvalue weighted by Gasteiger charge is -2.08. The Balaban J connectivity index is 1.80. The lowest BCUT2D eigenvalue weighted by atomic mass is 9.98. The van der Waals surface area contributed by atoms with E-state index in [2.05, 4.69) is 55.5 Å². The molecule has 1 aromatic heterocycles. The van der Waals surface area contributed by atoms with Crippen molar-refractivity contribution >= 4 is 17.3 Å². The highest BCUT2D eigenvalue weighted by molar-refractivity contribution is 7.08. The molecule has 0 spiro atoms. The molecule has 0 saturated carbocycles. The predicted octanol–water partition coefficient (Wildman–Crippen LogP) is 6.30. The van der Waals surface area contributed by atoms with Gasteiger partial charge in [-0.05, 0) is 86.4 Å².